The molecular weight excluding hydrogens is 314 g/mol. The zero-order valence-corrected chi connectivity index (χ0v) is 12.1. The largest absolute Gasteiger partial charge is 0.399 e. The molecule has 0 aliphatic rings. The Morgan fingerprint density at radius 3 is 2.48 bits per heavy atom. The number of hydrogen-bond donors (Lipinski definition) is 2. The third-order valence-electron chi connectivity index (χ3n) is 2.91. The summed E-state index contributed by atoms with van der Waals surface area (Å²) in [6.07, 6.45) is 1.42. The molecule has 3 rings (SSSR count). The van der Waals surface area contributed by atoms with Crippen LogP contribution in [0.2, 0.25) is 10.0 Å². The summed E-state index contributed by atoms with van der Waals surface area (Å²) >= 11 is 11.6. The van der Waals surface area contributed by atoms with Crippen LogP contribution in [-0.4, -0.2) is 9.97 Å². The molecule has 1 aromatic heterocycles. The van der Waals surface area contributed by atoms with Crippen molar-refractivity contribution in [3.05, 3.63) is 52.5 Å². The molecule has 4 nitrogen and oxygen atoms in total. The van der Waals surface area contributed by atoms with Crippen molar-refractivity contribution in [3.63, 3.8) is 0 Å². The van der Waals surface area contributed by atoms with Gasteiger partial charge in [0.2, 0.25) is 0 Å². The molecule has 21 heavy (non-hydrogen) atoms. The number of nitrogens with zero attached hydrogens (tertiary/aromatic N) is 2. The van der Waals surface area contributed by atoms with Crippen LogP contribution in [0, 0.1) is 5.82 Å². The highest BCUT2D eigenvalue weighted by molar-refractivity contribution is 6.35. The van der Waals surface area contributed by atoms with Crippen LogP contribution in [0.4, 0.5) is 21.6 Å². The number of aromatic nitrogens is 2. The molecule has 2 aromatic carbocycles. The first-order valence-electron chi connectivity index (χ1n) is 5.96. The molecule has 0 spiro atoms. The van der Waals surface area contributed by atoms with Crippen LogP contribution >= 0.6 is 23.2 Å². The van der Waals surface area contributed by atoms with Crippen molar-refractivity contribution in [2.45, 2.75) is 0 Å². The van der Waals surface area contributed by atoms with Gasteiger partial charge in [-0.3, -0.25) is 0 Å². The molecule has 0 radical (unpaired) electrons. The summed E-state index contributed by atoms with van der Waals surface area (Å²) < 4.78 is 13.4. The van der Waals surface area contributed by atoms with Gasteiger partial charge in [-0.15, -0.1) is 0 Å². The fraction of sp³-hybridized carbons (Fsp3) is 0. The molecule has 0 amide bonds. The standard InChI is InChI=1S/C14H9Cl2FN4/c15-10-4-8(5-11(16)13(10)17)21-14-9-3-7(18)1-2-12(9)19-6-20-14/h1-6H,18H2,(H,19,20,21). The lowest BCUT2D eigenvalue weighted by Crippen LogP contribution is -1.97. The minimum absolute atomic E-state index is 0.0668. The molecule has 0 bridgehead atoms. The lowest BCUT2D eigenvalue weighted by atomic mass is 10.2. The van der Waals surface area contributed by atoms with Crippen molar-refractivity contribution in [3.8, 4) is 0 Å². The van der Waals surface area contributed by atoms with Crippen molar-refractivity contribution in [2.75, 3.05) is 11.1 Å². The SMILES string of the molecule is Nc1ccc2ncnc(Nc3cc(Cl)c(F)c(Cl)c3)c2c1. The van der Waals surface area contributed by atoms with E-state index in [1.165, 1.54) is 18.5 Å². The molecular formula is C14H9Cl2FN4. The summed E-state index contributed by atoms with van der Waals surface area (Å²) in [4.78, 5) is 8.32. The number of rotatable bonds is 2. The van der Waals surface area contributed by atoms with Crippen molar-refractivity contribution in [1.82, 2.24) is 9.97 Å². The summed E-state index contributed by atoms with van der Waals surface area (Å²) in [5.74, 6) is -0.119. The summed E-state index contributed by atoms with van der Waals surface area (Å²) in [5, 5.41) is 3.65. The normalized spacial score (nSPS) is 10.8. The highest BCUT2D eigenvalue weighted by atomic mass is 35.5. The van der Waals surface area contributed by atoms with Crippen LogP contribution in [0.5, 0.6) is 0 Å². The number of benzene rings is 2. The third kappa shape index (κ3) is 2.70. The van der Waals surface area contributed by atoms with Crippen LogP contribution in [0.15, 0.2) is 36.7 Å². The number of nitrogens with one attached hydrogen (secondary N) is 1. The predicted molar refractivity (Wildman–Crippen MR) is 83.7 cm³/mol. The van der Waals surface area contributed by atoms with Gasteiger partial charge in [0.25, 0.3) is 0 Å². The second kappa shape index (κ2) is 5.35. The first kappa shape index (κ1) is 13.9. The zero-order chi connectivity index (χ0) is 15.0. The second-order valence-electron chi connectivity index (χ2n) is 4.38. The molecule has 0 fully saturated rings. The van der Waals surface area contributed by atoms with Gasteiger partial charge < -0.3 is 11.1 Å². The van der Waals surface area contributed by atoms with Gasteiger partial charge in [-0.2, -0.15) is 0 Å². The van der Waals surface area contributed by atoms with Gasteiger partial charge in [0.15, 0.2) is 5.82 Å². The van der Waals surface area contributed by atoms with Crippen molar-refractivity contribution in [2.24, 2.45) is 0 Å². The van der Waals surface area contributed by atoms with E-state index in [4.69, 9.17) is 28.9 Å². The van der Waals surface area contributed by atoms with Crippen LogP contribution in [0.25, 0.3) is 10.9 Å². The first-order chi connectivity index (χ1) is 10.0. The molecule has 0 aliphatic carbocycles. The number of anilines is 3. The summed E-state index contributed by atoms with van der Waals surface area (Å²) in [6.45, 7) is 0. The molecule has 1 heterocycles. The van der Waals surface area contributed by atoms with Gasteiger partial charge in [0, 0.05) is 16.8 Å². The molecule has 3 aromatic rings. The van der Waals surface area contributed by atoms with E-state index in [0.29, 0.717) is 17.2 Å². The van der Waals surface area contributed by atoms with Crippen molar-refractivity contribution >= 4 is 51.3 Å². The van der Waals surface area contributed by atoms with Crippen LogP contribution in [-0.2, 0) is 0 Å². The quantitative estimate of drug-likeness (QED) is 0.542. The van der Waals surface area contributed by atoms with Crippen molar-refractivity contribution < 1.29 is 4.39 Å². The lowest BCUT2D eigenvalue weighted by Gasteiger charge is -2.10. The Bertz CT molecular complexity index is 815. The summed E-state index contributed by atoms with van der Waals surface area (Å²) in [7, 11) is 0. The summed E-state index contributed by atoms with van der Waals surface area (Å²) in [5.41, 5.74) is 7.63. The smallest absolute Gasteiger partial charge is 0.160 e. The van der Waals surface area contributed by atoms with Crippen LogP contribution in [0.3, 0.4) is 0 Å². The molecule has 0 atom stereocenters. The Hall–Kier alpha value is -2.11. The van der Waals surface area contributed by atoms with Crippen molar-refractivity contribution in [1.29, 1.82) is 0 Å². The lowest BCUT2D eigenvalue weighted by molar-refractivity contribution is 0.629. The molecule has 0 aliphatic heterocycles. The Balaban J connectivity index is 2.08. The maximum Gasteiger partial charge on any atom is 0.160 e. The van der Waals surface area contributed by atoms with E-state index < -0.39 is 5.82 Å². The average molecular weight is 323 g/mol. The molecule has 106 valence electrons. The van der Waals surface area contributed by atoms with Gasteiger partial charge >= 0.3 is 0 Å². The Kier molecular flexibility index (Phi) is 3.53. The third-order valence-corrected chi connectivity index (χ3v) is 3.46. The van der Waals surface area contributed by atoms with Gasteiger partial charge in [-0.25, -0.2) is 14.4 Å². The molecule has 3 N–H and O–H groups in total. The van der Waals surface area contributed by atoms with Gasteiger partial charge in [0.05, 0.1) is 15.6 Å². The van der Waals surface area contributed by atoms with E-state index in [1.54, 1.807) is 18.2 Å². The Morgan fingerprint density at radius 1 is 1.05 bits per heavy atom. The topological polar surface area (TPSA) is 63.8 Å². The number of hydrogen-bond acceptors (Lipinski definition) is 4. The first-order valence-corrected chi connectivity index (χ1v) is 6.72. The van der Waals surface area contributed by atoms with Crippen LogP contribution < -0.4 is 11.1 Å². The molecule has 0 unspecified atom stereocenters. The highest BCUT2D eigenvalue weighted by Gasteiger charge is 2.10. The fourth-order valence-corrected chi connectivity index (χ4v) is 2.43. The van der Waals surface area contributed by atoms with Gasteiger partial charge in [-0.1, -0.05) is 23.2 Å². The Labute approximate surface area is 129 Å². The predicted octanol–water partition coefficient (Wildman–Crippen LogP) is 4.40. The van der Waals surface area contributed by atoms with E-state index in [9.17, 15) is 4.39 Å². The zero-order valence-electron chi connectivity index (χ0n) is 10.6. The summed E-state index contributed by atoms with van der Waals surface area (Å²) in [6, 6.07) is 8.17. The minimum Gasteiger partial charge on any atom is -0.399 e. The number of nitrogen functional groups attached to an aromatic ring is 1. The molecule has 0 saturated carbocycles. The number of fused-ring (bicyclic) bond motifs is 1. The molecule has 7 heteroatoms. The van der Waals surface area contributed by atoms with E-state index >= 15 is 0 Å². The van der Waals surface area contributed by atoms with Gasteiger partial charge in [-0.05, 0) is 30.3 Å². The van der Waals surface area contributed by atoms with Gasteiger partial charge in [0.1, 0.15) is 12.1 Å². The number of halogens is 3. The average Bonchev–Trinajstić information content (AvgIpc) is 2.45. The van der Waals surface area contributed by atoms with E-state index in [-0.39, 0.29) is 10.0 Å². The minimum atomic E-state index is -0.652. The maximum absolute atomic E-state index is 13.4. The van der Waals surface area contributed by atoms with E-state index in [1.807, 2.05) is 0 Å². The highest BCUT2D eigenvalue weighted by Crippen LogP contribution is 2.30. The fourth-order valence-electron chi connectivity index (χ4n) is 1.94. The second-order valence-corrected chi connectivity index (χ2v) is 5.19. The van der Waals surface area contributed by atoms with E-state index in [2.05, 4.69) is 15.3 Å². The number of nitrogens with two attached hydrogens (primary N) is 1. The van der Waals surface area contributed by atoms with E-state index in [0.717, 1.165) is 10.9 Å². The maximum atomic E-state index is 13.4. The molecule has 0 saturated heterocycles. The van der Waals surface area contributed by atoms with Crippen LogP contribution in [0.1, 0.15) is 0 Å². The Morgan fingerprint density at radius 2 is 1.76 bits per heavy atom. The monoisotopic (exact) mass is 322 g/mol.